The number of carboxylic acids is 1. The number of carboxylic acid groups (broad SMARTS) is 1. The topological polar surface area (TPSA) is 62.9 Å². The molecular weight excluding hydrogens is 478 g/mol. The van der Waals surface area contributed by atoms with Gasteiger partial charge in [-0.3, -0.25) is 9.69 Å². The van der Waals surface area contributed by atoms with Crippen LogP contribution in [0.25, 0.3) is 11.0 Å². The molecule has 1 unspecified atom stereocenters. The second kappa shape index (κ2) is 10.4. The molecule has 0 fully saturated rings. The van der Waals surface area contributed by atoms with Crippen LogP contribution in [0.15, 0.2) is 77.4 Å². The lowest BCUT2D eigenvalue weighted by Gasteiger charge is -2.23. The molecule has 4 aromatic rings. The number of fused-ring (bicyclic) bond motifs is 1. The van der Waals surface area contributed by atoms with Gasteiger partial charge in [0, 0.05) is 41.1 Å². The lowest BCUT2D eigenvalue weighted by atomic mass is 9.99. The van der Waals surface area contributed by atoms with Gasteiger partial charge in [0.2, 0.25) is 0 Å². The summed E-state index contributed by atoms with van der Waals surface area (Å²) in [6, 6.07) is 14.0. The van der Waals surface area contributed by atoms with E-state index in [-0.39, 0.29) is 42.0 Å². The van der Waals surface area contributed by atoms with E-state index in [1.165, 1.54) is 59.7 Å². The largest absolute Gasteiger partial charge is 0.486 e. The van der Waals surface area contributed by atoms with Gasteiger partial charge in [-0.25, -0.2) is 8.78 Å². The molecule has 9 heteroatoms. The average Bonchev–Trinajstić information content (AvgIpc) is 3.30. The molecule has 0 saturated carbocycles. The van der Waals surface area contributed by atoms with Crippen molar-refractivity contribution in [2.24, 2.45) is 0 Å². The van der Waals surface area contributed by atoms with Crippen molar-refractivity contribution in [1.29, 1.82) is 0 Å². The highest BCUT2D eigenvalue weighted by atomic mass is 19.3. The minimum absolute atomic E-state index is 0.0722. The van der Waals surface area contributed by atoms with Gasteiger partial charge in [-0.2, -0.15) is 8.78 Å². The van der Waals surface area contributed by atoms with E-state index >= 15 is 8.78 Å². The number of likely N-dealkylation sites (N-methyl/N-ethyl adjacent to an activating group) is 1. The number of rotatable bonds is 10. The monoisotopic (exact) mass is 501 g/mol. The van der Waals surface area contributed by atoms with Crippen LogP contribution in [-0.4, -0.2) is 36.1 Å². The Morgan fingerprint density at radius 2 is 1.75 bits per heavy atom. The summed E-state index contributed by atoms with van der Waals surface area (Å²) in [4.78, 5) is 12.4. The van der Waals surface area contributed by atoms with Crippen molar-refractivity contribution in [3.63, 3.8) is 0 Å². The van der Waals surface area contributed by atoms with Gasteiger partial charge in [0.15, 0.2) is 0 Å². The zero-order valence-corrected chi connectivity index (χ0v) is 19.3. The molecule has 1 aromatic heterocycles. The van der Waals surface area contributed by atoms with Crippen molar-refractivity contribution < 1.29 is 36.6 Å². The van der Waals surface area contributed by atoms with Gasteiger partial charge in [-0.1, -0.05) is 0 Å². The van der Waals surface area contributed by atoms with Crippen molar-refractivity contribution in [2.75, 3.05) is 20.1 Å². The van der Waals surface area contributed by atoms with Gasteiger partial charge in [0.25, 0.3) is 5.92 Å². The highest BCUT2D eigenvalue weighted by Gasteiger charge is 2.34. The van der Waals surface area contributed by atoms with Gasteiger partial charge >= 0.3 is 5.97 Å². The van der Waals surface area contributed by atoms with Gasteiger partial charge < -0.3 is 14.3 Å². The number of benzene rings is 3. The molecular formula is C27H23F4NO4. The standard InChI is InChI=1S/C27H23F4NO4/c1-32(16-26(33)34)12-10-25(22-8-5-20(28)15-23(22)29)36-21-6-2-18(3-7-21)27(30,31)19-4-9-24-17(14-19)11-13-35-24/h2-9,11,13-15,25H,10,12,16H2,1H3,(H,33,34). The quantitative estimate of drug-likeness (QED) is 0.256. The van der Waals surface area contributed by atoms with Crippen LogP contribution < -0.4 is 4.74 Å². The molecule has 0 aliphatic heterocycles. The number of nitrogens with zero attached hydrogens (tertiary/aromatic N) is 1. The molecule has 0 amide bonds. The summed E-state index contributed by atoms with van der Waals surface area (Å²) in [5.74, 6) is -5.68. The van der Waals surface area contributed by atoms with Gasteiger partial charge in [-0.15, -0.1) is 0 Å². The van der Waals surface area contributed by atoms with E-state index in [0.717, 1.165) is 12.1 Å². The Kier molecular flexibility index (Phi) is 7.30. The maximum Gasteiger partial charge on any atom is 0.317 e. The third-order valence-electron chi connectivity index (χ3n) is 5.80. The van der Waals surface area contributed by atoms with Gasteiger partial charge in [0.05, 0.1) is 12.8 Å². The molecule has 36 heavy (non-hydrogen) atoms. The molecule has 0 saturated heterocycles. The van der Waals surface area contributed by atoms with E-state index in [2.05, 4.69) is 0 Å². The smallest absolute Gasteiger partial charge is 0.317 e. The first-order valence-electron chi connectivity index (χ1n) is 11.1. The fraction of sp³-hybridized carbons (Fsp3) is 0.222. The van der Waals surface area contributed by atoms with Gasteiger partial charge in [0.1, 0.15) is 29.1 Å². The molecule has 4 rings (SSSR count). The van der Waals surface area contributed by atoms with Crippen molar-refractivity contribution in [3.05, 3.63) is 101 Å². The van der Waals surface area contributed by atoms with Crippen LogP contribution in [0.1, 0.15) is 29.2 Å². The molecule has 1 atom stereocenters. The van der Waals surface area contributed by atoms with Crippen molar-refractivity contribution in [2.45, 2.75) is 18.4 Å². The van der Waals surface area contributed by atoms with E-state index in [9.17, 15) is 13.6 Å². The van der Waals surface area contributed by atoms with Crippen LogP contribution in [0.4, 0.5) is 17.6 Å². The fourth-order valence-corrected chi connectivity index (χ4v) is 3.92. The third kappa shape index (κ3) is 5.68. The summed E-state index contributed by atoms with van der Waals surface area (Å²) in [5.41, 5.74) is 0.121. The summed E-state index contributed by atoms with van der Waals surface area (Å²) < 4.78 is 69.4. The van der Waals surface area contributed by atoms with Crippen molar-refractivity contribution in [3.8, 4) is 5.75 Å². The van der Waals surface area contributed by atoms with Crippen LogP contribution in [0, 0.1) is 11.6 Å². The van der Waals surface area contributed by atoms with E-state index in [0.29, 0.717) is 11.0 Å². The lowest BCUT2D eigenvalue weighted by molar-refractivity contribution is -0.138. The number of hydrogen-bond donors (Lipinski definition) is 1. The Hall–Kier alpha value is -3.85. The Bertz CT molecular complexity index is 1350. The van der Waals surface area contributed by atoms with E-state index < -0.39 is 29.6 Å². The first kappa shape index (κ1) is 25.2. The maximum absolute atomic E-state index is 15.2. The van der Waals surface area contributed by atoms with Crippen molar-refractivity contribution >= 4 is 16.9 Å². The van der Waals surface area contributed by atoms with Crippen LogP contribution >= 0.6 is 0 Å². The Balaban J connectivity index is 1.55. The highest BCUT2D eigenvalue weighted by Crippen LogP contribution is 2.38. The second-order valence-corrected chi connectivity index (χ2v) is 8.46. The molecule has 1 heterocycles. The summed E-state index contributed by atoms with van der Waals surface area (Å²) in [6.07, 6.45) is 0.699. The summed E-state index contributed by atoms with van der Waals surface area (Å²) in [6.45, 7) is 0.00738. The summed E-state index contributed by atoms with van der Waals surface area (Å²) >= 11 is 0. The third-order valence-corrected chi connectivity index (χ3v) is 5.80. The second-order valence-electron chi connectivity index (χ2n) is 8.46. The number of ether oxygens (including phenoxy) is 1. The van der Waals surface area contributed by atoms with E-state index in [4.69, 9.17) is 14.3 Å². The lowest BCUT2D eigenvalue weighted by Crippen LogP contribution is -2.28. The van der Waals surface area contributed by atoms with Crippen molar-refractivity contribution in [1.82, 2.24) is 4.90 Å². The fourth-order valence-electron chi connectivity index (χ4n) is 3.92. The molecule has 1 N–H and O–H groups in total. The van der Waals surface area contributed by atoms with E-state index in [1.54, 1.807) is 13.1 Å². The molecule has 3 aromatic carbocycles. The highest BCUT2D eigenvalue weighted by molar-refractivity contribution is 5.78. The van der Waals surface area contributed by atoms with Crippen LogP contribution in [0.5, 0.6) is 5.75 Å². The molecule has 188 valence electrons. The van der Waals surface area contributed by atoms with Gasteiger partial charge in [-0.05, 0) is 67.7 Å². The zero-order valence-electron chi connectivity index (χ0n) is 19.3. The normalized spacial score (nSPS) is 12.7. The number of halogens is 4. The van der Waals surface area contributed by atoms with Crippen LogP contribution in [-0.2, 0) is 10.7 Å². The van der Waals surface area contributed by atoms with Crippen LogP contribution in [0.2, 0.25) is 0 Å². The first-order chi connectivity index (χ1) is 17.1. The molecule has 0 radical (unpaired) electrons. The van der Waals surface area contributed by atoms with E-state index in [1.807, 2.05) is 0 Å². The number of carbonyl (C=O) groups is 1. The Morgan fingerprint density at radius 1 is 1.03 bits per heavy atom. The predicted octanol–water partition coefficient (Wildman–Crippen LogP) is 6.38. The van der Waals surface area contributed by atoms with Crippen LogP contribution in [0.3, 0.4) is 0 Å². The number of aliphatic carboxylic acids is 1. The number of furan rings is 1. The molecule has 0 spiro atoms. The summed E-state index contributed by atoms with van der Waals surface area (Å²) in [7, 11) is 1.59. The molecule has 0 aliphatic rings. The Morgan fingerprint density at radius 3 is 2.44 bits per heavy atom. The number of hydrogen-bond acceptors (Lipinski definition) is 4. The minimum Gasteiger partial charge on any atom is -0.486 e. The molecule has 5 nitrogen and oxygen atoms in total. The SMILES string of the molecule is CN(CCC(Oc1ccc(C(F)(F)c2ccc3occc3c2)cc1)c1ccc(F)cc1F)CC(=O)O. The minimum atomic E-state index is -3.29. The Labute approximate surface area is 204 Å². The average molecular weight is 501 g/mol. The summed E-state index contributed by atoms with van der Waals surface area (Å²) in [5, 5.41) is 9.51. The molecule has 0 aliphatic carbocycles. The maximum atomic E-state index is 15.2. The zero-order chi connectivity index (χ0) is 25.9. The predicted molar refractivity (Wildman–Crippen MR) is 125 cm³/mol. The number of alkyl halides is 2. The first-order valence-corrected chi connectivity index (χ1v) is 11.1. The molecule has 0 bridgehead atoms.